The largest absolute Gasteiger partial charge is 0.389 e. The van der Waals surface area contributed by atoms with Crippen molar-refractivity contribution in [3.8, 4) is 6.07 Å². The summed E-state index contributed by atoms with van der Waals surface area (Å²) in [5.41, 5.74) is -2.64. The molecule has 0 bridgehead atoms. The highest BCUT2D eigenvalue weighted by Gasteiger charge is 2.72. The standard InChI is InChI=1S/C22H18N2O5/c1-21(27)11-10-17(24(28)29)18(14-8-6-13(12-23)7-9-14)22(21)19(25)15-4-2-3-5-16(15)20(22)26/h2-9,17-18,27H,10-11H2,1H3/t17-,18+,21+/m0/s1. The summed E-state index contributed by atoms with van der Waals surface area (Å²) in [7, 11) is 0. The first-order chi connectivity index (χ1) is 13.8. The number of ketones is 2. The van der Waals surface area contributed by atoms with E-state index in [0.717, 1.165) is 0 Å². The number of hydrogen-bond acceptors (Lipinski definition) is 6. The van der Waals surface area contributed by atoms with Crippen LogP contribution in [0.2, 0.25) is 0 Å². The summed E-state index contributed by atoms with van der Waals surface area (Å²) < 4.78 is 0. The Balaban J connectivity index is 2.02. The van der Waals surface area contributed by atoms with Gasteiger partial charge in [0.15, 0.2) is 11.6 Å². The van der Waals surface area contributed by atoms with Crippen LogP contribution < -0.4 is 0 Å². The van der Waals surface area contributed by atoms with E-state index in [-0.39, 0.29) is 24.0 Å². The van der Waals surface area contributed by atoms with Crippen LogP contribution in [0.25, 0.3) is 0 Å². The van der Waals surface area contributed by atoms with Crippen molar-refractivity contribution < 1.29 is 19.6 Å². The lowest BCUT2D eigenvalue weighted by molar-refractivity contribution is -0.535. The molecule has 2 aliphatic carbocycles. The lowest BCUT2D eigenvalue weighted by atomic mass is 9.52. The minimum atomic E-state index is -1.99. The fraction of sp³-hybridized carbons (Fsp3) is 0.318. The van der Waals surface area contributed by atoms with E-state index in [4.69, 9.17) is 5.26 Å². The molecule has 146 valence electrons. The van der Waals surface area contributed by atoms with Crippen molar-refractivity contribution in [3.05, 3.63) is 80.9 Å². The van der Waals surface area contributed by atoms with Gasteiger partial charge in [-0.1, -0.05) is 36.4 Å². The number of carbonyl (C=O) groups is 2. The van der Waals surface area contributed by atoms with Crippen LogP contribution in [0.1, 0.15) is 57.5 Å². The third-order valence-electron chi connectivity index (χ3n) is 6.43. The van der Waals surface area contributed by atoms with Gasteiger partial charge in [0.25, 0.3) is 0 Å². The fourth-order valence-corrected chi connectivity index (χ4v) is 5.06. The summed E-state index contributed by atoms with van der Waals surface area (Å²) in [5.74, 6) is -2.31. The second-order valence-corrected chi connectivity index (χ2v) is 7.89. The zero-order valence-corrected chi connectivity index (χ0v) is 15.7. The van der Waals surface area contributed by atoms with Gasteiger partial charge in [-0.25, -0.2) is 0 Å². The van der Waals surface area contributed by atoms with Gasteiger partial charge in [0, 0.05) is 22.5 Å². The average molecular weight is 390 g/mol. The molecule has 1 saturated carbocycles. The average Bonchev–Trinajstić information content (AvgIpc) is 2.93. The minimum Gasteiger partial charge on any atom is -0.389 e. The maximum atomic E-state index is 13.6. The molecule has 0 radical (unpaired) electrons. The number of nitriles is 1. The molecular weight excluding hydrogens is 372 g/mol. The molecule has 7 nitrogen and oxygen atoms in total. The van der Waals surface area contributed by atoms with Gasteiger partial charge in [0.2, 0.25) is 6.04 Å². The Morgan fingerprint density at radius 2 is 1.66 bits per heavy atom. The molecule has 0 unspecified atom stereocenters. The van der Waals surface area contributed by atoms with Crippen LogP contribution in [0.4, 0.5) is 0 Å². The van der Waals surface area contributed by atoms with Crippen molar-refractivity contribution in [2.75, 3.05) is 0 Å². The molecule has 2 aliphatic rings. The van der Waals surface area contributed by atoms with Crippen LogP contribution in [-0.4, -0.2) is 33.2 Å². The smallest absolute Gasteiger partial charge is 0.221 e. The lowest BCUT2D eigenvalue weighted by Gasteiger charge is -2.49. The topological polar surface area (TPSA) is 121 Å². The molecule has 1 spiro atoms. The van der Waals surface area contributed by atoms with Crippen LogP contribution in [-0.2, 0) is 0 Å². The molecule has 0 saturated heterocycles. The van der Waals surface area contributed by atoms with Gasteiger partial charge >= 0.3 is 0 Å². The fourth-order valence-electron chi connectivity index (χ4n) is 5.06. The number of benzene rings is 2. The van der Waals surface area contributed by atoms with E-state index in [9.17, 15) is 24.8 Å². The van der Waals surface area contributed by atoms with E-state index in [2.05, 4.69) is 0 Å². The van der Waals surface area contributed by atoms with E-state index in [1.807, 2.05) is 6.07 Å². The van der Waals surface area contributed by atoms with E-state index in [1.165, 1.54) is 43.3 Å². The normalized spacial score (nSPS) is 27.5. The molecule has 3 atom stereocenters. The zero-order chi connectivity index (χ0) is 21.0. The molecule has 7 heteroatoms. The van der Waals surface area contributed by atoms with Gasteiger partial charge < -0.3 is 5.11 Å². The Morgan fingerprint density at radius 1 is 1.10 bits per heavy atom. The van der Waals surface area contributed by atoms with Gasteiger partial charge in [-0.3, -0.25) is 19.7 Å². The van der Waals surface area contributed by atoms with Crippen molar-refractivity contribution in [2.45, 2.75) is 37.3 Å². The Morgan fingerprint density at radius 3 is 2.14 bits per heavy atom. The number of aliphatic hydroxyl groups is 1. The van der Waals surface area contributed by atoms with Crippen molar-refractivity contribution >= 4 is 11.6 Å². The van der Waals surface area contributed by atoms with Gasteiger partial charge in [0.05, 0.1) is 23.2 Å². The maximum absolute atomic E-state index is 13.6. The summed E-state index contributed by atoms with van der Waals surface area (Å²) in [4.78, 5) is 38.7. The summed E-state index contributed by atoms with van der Waals surface area (Å²) in [6.07, 6.45) is -0.0137. The number of fused-ring (bicyclic) bond motifs is 1. The number of carbonyl (C=O) groups excluding carboxylic acids is 2. The first kappa shape index (κ1) is 19.0. The summed E-state index contributed by atoms with van der Waals surface area (Å²) in [6.45, 7) is 1.42. The first-order valence-electron chi connectivity index (χ1n) is 9.30. The molecule has 4 rings (SSSR count). The summed E-state index contributed by atoms with van der Waals surface area (Å²) in [6, 6.07) is 13.1. The van der Waals surface area contributed by atoms with Crippen LogP contribution in [0.5, 0.6) is 0 Å². The molecule has 0 amide bonds. The van der Waals surface area contributed by atoms with Crippen molar-refractivity contribution in [3.63, 3.8) is 0 Å². The second kappa shape index (κ2) is 6.33. The number of hydrogen-bond donors (Lipinski definition) is 1. The number of rotatable bonds is 2. The highest BCUT2D eigenvalue weighted by molar-refractivity contribution is 6.31. The number of Topliss-reactive ketones (excluding diaryl/α,β-unsaturated/α-hetero) is 2. The van der Waals surface area contributed by atoms with Crippen LogP contribution in [0.3, 0.4) is 0 Å². The molecule has 0 aromatic heterocycles. The van der Waals surface area contributed by atoms with E-state index in [0.29, 0.717) is 11.1 Å². The Kier molecular flexibility index (Phi) is 4.14. The predicted molar refractivity (Wildman–Crippen MR) is 102 cm³/mol. The van der Waals surface area contributed by atoms with Gasteiger partial charge in [-0.2, -0.15) is 5.26 Å². The molecule has 0 heterocycles. The monoisotopic (exact) mass is 390 g/mol. The quantitative estimate of drug-likeness (QED) is 0.478. The Hall–Kier alpha value is -3.37. The maximum Gasteiger partial charge on any atom is 0.221 e. The SMILES string of the molecule is C[C@@]1(O)CC[C@H]([N+](=O)[O-])[C@@H](c2ccc(C#N)cc2)C12C(=O)c1ccccc1C2=O. The second-order valence-electron chi connectivity index (χ2n) is 7.89. The zero-order valence-electron chi connectivity index (χ0n) is 15.7. The molecular formula is C22H18N2O5. The van der Waals surface area contributed by atoms with Crippen molar-refractivity contribution in [2.24, 2.45) is 5.41 Å². The minimum absolute atomic E-state index is 0.0311. The van der Waals surface area contributed by atoms with Gasteiger partial charge in [0.1, 0.15) is 5.41 Å². The van der Waals surface area contributed by atoms with Crippen LogP contribution in [0, 0.1) is 26.9 Å². The molecule has 1 fully saturated rings. The third-order valence-corrected chi connectivity index (χ3v) is 6.43. The Bertz CT molecular complexity index is 1050. The van der Waals surface area contributed by atoms with Gasteiger partial charge in [-0.15, -0.1) is 0 Å². The summed E-state index contributed by atoms with van der Waals surface area (Å²) >= 11 is 0. The third kappa shape index (κ3) is 2.39. The predicted octanol–water partition coefficient (Wildman–Crippen LogP) is 2.90. The van der Waals surface area contributed by atoms with E-state index < -0.39 is 39.5 Å². The van der Waals surface area contributed by atoms with Crippen LogP contribution >= 0.6 is 0 Å². The van der Waals surface area contributed by atoms with E-state index in [1.54, 1.807) is 12.1 Å². The highest BCUT2D eigenvalue weighted by Crippen LogP contribution is 2.59. The number of nitrogens with zero attached hydrogens (tertiary/aromatic N) is 2. The molecule has 2 aromatic carbocycles. The van der Waals surface area contributed by atoms with Crippen molar-refractivity contribution in [1.29, 1.82) is 5.26 Å². The Labute approximate surface area is 166 Å². The molecule has 0 aliphatic heterocycles. The number of nitro groups is 1. The van der Waals surface area contributed by atoms with E-state index >= 15 is 0 Å². The van der Waals surface area contributed by atoms with Crippen molar-refractivity contribution in [1.82, 2.24) is 0 Å². The highest BCUT2D eigenvalue weighted by atomic mass is 16.6. The molecule has 29 heavy (non-hydrogen) atoms. The first-order valence-corrected chi connectivity index (χ1v) is 9.30. The molecule has 2 aromatic rings. The molecule has 1 N–H and O–H groups in total. The van der Waals surface area contributed by atoms with Crippen LogP contribution in [0.15, 0.2) is 48.5 Å². The summed E-state index contributed by atoms with van der Waals surface area (Å²) in [5, 5.41) is 32.4. The lowest BCUT2D eigenvalue weighted by Crippen LogP contribution is -2.63. The van der Waals surface area contributed by atoms with Gasteiger partial charge in [-0.05, 0) is 31.0 Å².